The van der Waals surface area contributed by atoms with Crippen molar-refractivity contribution in [3.63, 3.8) is 0 Å². The van der Waals surface area contributed by atoms with E-state index in [2.05, 4.69) is 0 Å². The largest absolute Gasteiger partial charge is 0.504 e. The molecule has 1 unspecified atom stereocenters. The summed E-state index contributed by atoms with van der Waals surface area (Å²) < 4.78 is 5.02. The highest BCUT2D eigenvalue weighted by Crippen LogP contribution is 2.40. The first-order valence-corrected chi connectivity index (χ1v) is 5.33. The SMILES string of the molecule is COc1cc(C)c(Cl)c(C(N)CCO)c1O. The molecule has 0 amide bonds. The average Bonchev–Trinajstić information content (AvgIpc) is 2.24. The number of phenols is 1. The van der Waals surface area contributed by atoms with Crippen LogP contribution in [0.5, 0.6) is 11.5 Å². The molecule has 0 aromatic heterocycles. The van der Waals surface area contributed by atoms with Gasteiger partial charge in [-0.1, -0.05) is 11.6 Å². The number of methoxy groups -OCH3 is 1. The van der Waals surface area contributed by atoms with E-state index in [1.807, 2.05) is 0 Å². The Morgan fingerprint density at radius 2 is 2.19 bits per heavy atom. The molecule has 0 saturated carbocycles. The number of phenolic OH excluding ortho intramolecular Hbond substituents is 1. The molecule has 4 nitrogen and oxygen atoms in total. The van der Waals surface area contributed by atoms with E-state index in [0.29, 0.717) is 22.8 Å². The minimum atomic E-state index is -0.508. The number of ether oxygens (including phenoxy) is 1. The van der Waals surface area contributed by atoms with Crippen LogP contribution in [-0.2, 0) is 0 Å². The van der Waals surface area contributed by atoms with Gasteiger partial charge in [0.15, 0.2) is 11.5 Å². The molecule has 1 aromatic carbocycles. The van der Waals surface area contributed by atoms with Crippen LogP contribution in [0, 0.1) is 6.92 Å². The summed E-state index contributed by atoms with van der Waals surface area (Å²) in [6.45, 7) is 1.74. The van der Waals surface area contributed by atoms with Crippen LogP contribution in [0.4, 0.5) is 0 Å². The lowest BCUT2D eigenvalue weighted by Gasteiger charge is -2.18. The monoisotopic (exact) mass is 245 g/mol. The van der Waals surface area contributed by atoms with Crippen molar-refractivity contribution in [1.29, 1.82) is 0 Å². The number of hydrogen-bond donors (Lipinski definition) is 3. The van der Waals surface area contributed by atoms with Crippen LogP contribution in [-0.4, -0.2) is 23.9 Å². The molecule has 0 aliphatic heterocycles. The second kappa shape index (κ2) is 5.39. The number of aliphatic hydroxyl groups is 1. The van der Waals surface area contributed by atoms with Crippen LogP contribution >= 0.6 is 11.6 Å². The molecule has 0 aliphatic rings. The zero-order valence-corrected chi connectivity index (χ0v) is 10.1. The minimum absolute atomic E-state index is 0.0564. The summed E-state index contributed by atoms with van der Waals surface area (Å²) in [4.78, 5) is 0. The van der Waals surface area contributed by atoms with Gasteiger partial charge in [0.25, 0.3) is 0 Å². The lowest BCUT2D eigenvalue weighted by atomic mass is 10.0. The van der Waals surface area contributed by atoms with Crippen LogP contribution in [0.3, 0.4) is 0 Å². The van der Waals surface area contributed by atoms with E-state index in [1.165, 1.54) is 7.11 Å². The van der Waals surface area contributed by atoms with Gasteiger partial charge in [0.05, 0.1) is 12.1 Å². The molecule has 1 aromatic rings. The molecule has 0 radical (unpaired) electrons. The molecule has 0 heterocycles. The number of aliphatic hydroxyl groups excluding tert-OH is 1. The summed E-state index contributed by atoms with van der Waals surface area (Å²) in [5.74, 6) is 0.282. The predicted molar refractivity (Wildman–Crippen MR) is 63.0 cm³/mol. The summed E-state index contributed by atoms with van der Waals surface area (Å²) in [7, 11) is 1.46. The van der Waals surface area contributed by atoms with Crippen molar-refractivity contribution < 1.29 is 14.9 Å². The lowest BCUT2D eigenvalue weighted by molar-refractivity contribution is 0.275. The average molecular weight is 246 g/mol. The Hall–Kier alpha value is -0.970. The third-order valence-corrected chi connectivity index (χ3v) is 2.95. The lowest BCUT2D eigenvalue weighted by Crippen LogP contribution is -2.13. The van der Waals surface area contributed by atoms with Crippen molar-refractivity contribution in [2.45, 2.75) is 19.4 Å². The highest BCUT2D eigenvalue weighted by molar-refractivity contribution is 6.32. The van der Waals surface area contributed by atoms with Gasteiger partial charge in [-0.2, -0.15) is 0 Å². The maximum atomic E-state index is 9.92. The van der Waals surface area contributed by atoms with E-state index in [-0.39, 0.29) is 12.4 Å². The van der Waals surface area contributed by atoms with Crippen LogP contribution in [0.2, 0.25) is 5.02 Å². The zero-order valence-electron chi connectivity index (χ0n) is 9.33. The summed E-state index contributed by atoms with van der Waals surface area (Å²) in [5.41, 5.74) is 7.04. The minimum Gasteiger partial charge on any atom is -0.504 e. The maximum absolute atomic E-state index is 9.92. The molecule has 0 saturated heterocycles. The van der Waals surface area contributed by atoms with Gasteiger partial charge in [0.1, 0.15) is 0 Å². The van der Waals surface area contributed by atoms with Crippen LogP contribution in [0.1, 0.15) is 23.6 Å². The Balaban J connectivity index is 3.29. The second-order valence-corrected chi connectivity index (χ2v) is 3.97. The van der Waals surface area contributed by atoms with E-state index in [4.69, 9.17) is 27.2 Å². The number of halogens is 1. The number of aryl methyl sites for hydroxylation is 1. The zero-order chi connectivity index (χ0) is 12.3. The number of benzene rings is 1. The molecule has 5 heteroatoms. The van der Waals surface area contributed by atoms with E-state index in [9.17, 15) is 5.11 Å². The smallest absolute Gasteiger partial charge is 0.164 e. The third kappa shape index (κ3) is 2.40. The van der Waals surface area contributed by atoms with Gasteiger partial charge >= 0.3 is 0 Å². The molecule has 0 fully saturated rings. The second-order valence-electron chi connectivity index (χ2n) is 3.59. The van der Waals surface area contributed by atoms with E-state index in [1.54, 1.807) is 13.0 Å². The first-order valence-electron chi connectivity index (χ1n) is 4.95. The van der Waals surface area contributed by atoms with Gasteiger partial charge in [0.2, 0.25) is 0 Å². The van der Waals surface area contributed by atoms with Crippen molar-refractivity contribution in [3.8, 4) is 11.5 Å². The summed E-state index contributed by atoms with van der Waals surface area (Å²) in [6.07, 6.45) is 0.333. The molecule has 0 aliphatic carbocycles. The van der Waals surface area contributed by atoms with Gasteiger partial charge < -0.3 is 20.7 Å². The molecule has 1 atom stereocenters. The summed E-state index contributed by atoms with van der Waals surface area (Å²) in [5, 5.41) is 19.2. The topological polar surface area (TPSA) is 75.7 Å². The number of nitrogens with two attached hydrogens (primary N) is 1. The van der Waals surface area contributed by atoms with Crippen LogP contribution in [0.15, 0.2) is 6.07 Å². The van der Waals surface area contributed by atoms with Gasteiger partial charge in [-0.25, -0.2) is 0 Å². The fraction of sp³-hybridized carbons (Fsp3) is 0.455. The molecule has 90 valence electrons. The van der Waals surface area contributed by atoms with Gasteiger partial charge in [-0.3, -0.25) is 0 Å². The van der Waals surface area contributed by atoms with E-state index in [0.717, 1.165) is 5.56 Å². The maximum Gasteiger partial charge on any atom is 0.164 e. The van der Waals surface area contributed by atoms with Crippen molar-refractivity contribution >= 4 is 11.6 Å². The number of aromatic hydroxyl groups is 1. The van der Waals surface area contributed by atoms with E-state index < -0.39 is 6.04 Å². The number of hydrogen-bond acceptors (Lipinski definition) is 4. The van der Waals surface area contributed by atoms with Gasteiger partial charge in [-0.15, -0.1) is 0 Å². The van der Waals surface area contributed by atoms with Crippen molar-refractivity contribution in [3.05, 3.63) is 22.2 Å². The standard InChI is InChI=1S/C11H16ClNO3/c1-6-5-8(16-2)11(15)9(10(6)12)7(13)3-4-14/h5,7,14-15H,3-4,13H2,1-2H3. The van der Waals surface area contributed by atoms with Gasteiger partial charge in [0, 0.05) is 18.2 Å². The molecule has 16 heavy (non-hydrogen) atoms. The Kier molecular flexibility index (Phi) is 4.41. The normalized spacial score (nSPS) is 12.6. The highest BCUT2D eigenvalue weighted by atomic mass is 35.5. The third-order valence-electron chi connectivity index (χ3n) is 2.45. The molecular formula is C11H16ClNO3. The van der Waals surface area contributed by atoms with Crippen LogP contribution < -0.4 is 10.5 Å². The molecule has 0 spiro atoms. The van der Waals surface area contributed by atoms with Gasteiger partial charge in [-0.05, 0) is 25.0 Å². The summed E-state index contributed by atoms with van der Waals surface area (Å²) >= 11 is 6.08. The number of rotatable bonds is 4. The first kappa shape index (κ1) is 13.1. The Morgan fingerprint density at radius 3 is 2.69 bits per heavy atom. The Morgan fingerprint density at radius 1 is 1.56 bits per heavy atom. The van der Waals surface area contributed by atoms with Crippen LogP contribution in [0.25, 0.3) is 0 Å². The van der Waals surface area contributed by atoms with E-state index >= 15 is 0 Å². The predicted octanol–water partition coefficient (Wildman–Crippen LogP) is 1.74. The first-order chi connectivity index (χ1) is 7.52. The Bertz CT molecular complexity index is 382. The summed E-state index contributed by atoms with van der Waals surface area (Å²) in [6, 6.07) is 1.14. The van der Waals surface area contributed by atoms with Crippen molar-refractivity contribution in [1.82, 2.24) is 0 Å². The quantitative estimate of drug-likeness (QED) is 0.755. The van der Waals surface area contributed by atoms with Crippen molar-refractivity contribution in [2.24, 2.45) is 5.73 Å². The Labute approximate surface area is 99.6 Å². The fourth-order valence-electron chi connectivity index (χ4n) is 1.55. The molecule has 0 bridgehead atoms. The van der Waals surface area contributed by atoms with Crippen molar-refractivity contribution in [2.75, 3.05) is 13.7 Å². The fourth-order valence-corrected chi connectivity index (χ4v) is 1.84. The molecule has 1 rings (SSSR count). The highest BCUT2D eigenvalue weighted by Gasteiger charge is 2.20. The molecular weight excluding hydrogens is 230 g/mol. The molecule has 4 N–H and O–H groups in total.